The molecule has 88 valence electrons. The van der Waals surface area contributed by atoms with Crippen LogP contribution in [0.1, 0.15) is 28.5 Å². The van der Waals surface area contributed by atoms with E-state index in [0.29, 0.717) is 6.61 Å². The minimum absolute atomic E-state index is 0.219. The van der Waals surface area contributed by atoms with E-state index in [-0.39, 0.29) is 6.04 Å². The Morgan fingerprint density at radius 3 is 3.12 bits per heavy atom. The van der Waals surface area contributed by atoms with Gasteiger partial charge in [0.2, 0.25) is 0 Å². The van der Waals surface area contributed by atoms with Gasteiger partial charge in [-0.25, -0.2) is 0 Å². The number of thiophene rings is 1. The van der Waals surface area contributed by atoms with Crippen molar-refractivity contribution in [1.29, 1.82) is 0 Å². The normalized spacial score (nSPS) is 18.1. The molecule has 0 fully saturated rings. The third-order valence-electron chi connectivity index (χ3n) is 3.20. The van der Waals surface area contributed by atoms with Gasteiger partial charge in [-0.15, -0.1) is 11.3 Å². The van der Waals surface area contributed by atoms with Crippen molar-refractivity contribution in [2.24, 2.45) is 5.73 Å². The molecule has 17 heavy (non-hydrogen) atoms. The van der Waals surface area contributed by atoms with Crippen molar-refractivity contribution in [3.63, 3.8) is 0 Å². The fraction of sp³-hybridized carbons (Fsp3) is 0.286. The Labute approximate surface area is 105 Å². The Balaban J connectivity index is 1.72. The predicted octanol–water partition coefficient (Wildman–Crippen LogP) is 3.27. The maximum absolute atomic E-state index is 6.01. The van der Waals surface area contributed by atoms with Crippen molar-refractivity contribution in [1.82, 2.24) is 0 Å². The molecule has 0 unspecified atom stereocenters. The third-order valence-corrected chi connectivity index (χ3v) is 4.05. The number of ether oxygens (including phenoxy) is 1. The first kappa shape index (κ1) is 10.8. The molecular weight excluding hydrogens is 230 g/mol. The minimum atomic E-state index is 0.219. The monoisotopic (exact) mass is 245 g/mol. The Hall–Kier alpha value is -1.32. The summed E-state index contributed by atoms with van der Waals surface area (Å²) in [7, 11) is 0. The SMILES string of the molecule is N[C@@H]1CCc2cc(OCc3cccs3)ccc21. The highest BCUT2D eigenvalue weighted by molar-refractivity contribution is 7.09. The molecule has 2 nitrogen and oxygen atoms in total. The highest BCUT2D eigenvalue weighted by atomic mass is 32.1. The molecule has 0 saturated heterocycles. The van der Waals surface area contributed by atoms with Crippen LogP contribution in [0, 0.1) is 0 Å². The van der Waals surface area contributed by atoms with E-state index in [4.69, 9.17) is 10.5 Å². The maximum atomic E-state index is 6.01. The van der Waals surface area contributed by atoms with Crippen LogP contribution in [-0.2, 0) is 13.0 Å². The summed E-state index contributed by atoms with van der Waals surface area (Å²) in [6, 6.07) is 10.6. The quantitative estimate of drug-likeness (QED) is 0.900. The number of aryl methyl sites for hydroxylation is 1. The Morgan fingerprint density at radius 2 is 2.29 bits per heavy atom. The van der Waals surface area contributed by atoms with Gasteiger partial charge < -0.3 is 10.5 Å². The van der Waals surface area contributed by atoms with Crippen LogP contribution in [0.25, 0.3) is 0 Å². The zero-order valence-electron chi connectivity index (χ0n) is 9.56. The molecule has 0 saturated carbocycles. The maximum Gasteiger partial charge on any atom is 0.122 e. The summed E-state index contributed by atoms with van der Waals surface area (Å²) < 4.78 is 5.78. The van der Waals surface area contributed by atoms with Crippen LogP contribution in [0.5, 0.6) is 5.75 Å². The summed E-state index contributed by atoms with van der Waals surface area (Å²) in [6.07, 6.45) is 2.14. The van der Waals surface area contributed by atoms with Crippen molar-refractivity contribution >= 4 is 11.3 Å². The summed E-state index contributed by atoms with van der Waals surface area (Å²) in [5.74, 6) is 0.950. The lowest BCUT2D eigenvalue weighted by molar-refractivity contribution is 0.309. The molecule has 1 aromatic heterocycles. The van der Waals surface area contributed by atoms with Crippen LogP contribution in [0.15, 0.2) is 35.7 Å². The van der Waals surface area contributed by atoms with Gasteiger partial charge in [-0.2, -0.15) is 0 Å². The lowest BCUT2D eigenvalue weighted by atomic mass is 10.1. The lowest BCUT2D eigenvalue weighted by Gasteiger charge is -2.08. The van der Waals surface area contributed by atoms with Crippen LogP contribution in [-0.4, -0.2) is 0 Å². The molecule has 0 bridgehead atoms. The summed E-state index contributed by atoms with van der Waals surface area (Å²) in [6.45, 7) is 0.655. The fourth-order valence-corrected chi connectivity index (χ4v) is 2.88. The summed E-state index contributed by atoms with van der Waals surface area (Å²) in [5, 5.41) is 2.07. The van der Waals surface area contributed by atoms with E-state index in [1.165, 1.54) is 16.0 Å². The molecule has 0 amide bonds. The molecule has 1 aromatic carbocycles. The molecule has 0 radical (unpaired) electrons. The molecule has 1 heterocycles. The highest BCUT2D eigenvalue weighted by Crippen LogP contribution is 2.32. The summed E-state index contributed by atoms with van der Waals surface area (Å²) in [5.41, 5.74) is 8.64. The van der Waals surface area contributed by atoms with E-state index in [1.807, 2.05) is 12.1 Å². The largest absolute Gasteiger partial charge is 0.488 e. The first-order valence-electron chi connectivity index (χ1n) is 5.86. The molecule has 3 rings (SSSR count). The highest BCUT2D eigenvalue weighted by Gasteiger charge is 2.18. The van der Waals surface area contributed by atoms with Crippen LogP contribution >= 0.6 is 11.3 Å². The van der Waals surface area contributed by atoms with Crippen LogP contribution in [0.2, 0.25) is 0 Å². The topological polar surface area (TPSA) is 35.2 Å². The van der Waals surface area contributed by atoms with Crippen molar-refractivity contribution in [2.45, 2.75) is 25.5 Å². The van der Waals surface area contributed by atoms with E-state index >= 15 is 0 Å². The van der Waals surface area contributed by atoms with Gasteiger partial charge in [-0.3, -0.25) is 0 Å². The molecule has 0 spiro atoms. The summed E-state index contributed by atoms with van der Waals surface area (Å²) >= 11 is 1.72. The van der Waals surface area contributed by atoms with E-state index in [9.17, 15) is 0 Å². The molecule has 0 aliphatic heterocycles. The molecule has 1 aliphatic carbocycles. The Kier molecular flexibility index (Phi) is 2.87. The smallest absolute Gasteiger partial charge is 0.122 e. The van der Waals surface area contributed by atoms with Gasteiger partial charge in [0.25, 0.3) is 0 Å². The van der Waals surface area contributed by atoms with E-state index in [2.05, 4.69) is 23.6 Å². The predicted molar refractivity (Wildman–Crippen MR) is 70.3 cm³/mol. The van der Waals surface area contributed by atoms with Gasteiger partial charge in [0, 0.05) is 10.9 Å². The van der Waals surface area contributed by atoms with E-state index < -0.39 is 0 Å². The number of hydrogen-bond acceptors (Lipinski definition) is 3. The average Bonchev–Trinajstić information content (AvgIpc) is 2.97. The molecule has 1 aliphatic rings. The van der Waals surface area contributed by atoms with Crippen LogP contribution < -0.4 is 10.5 Å². The zero-order valence-corrected chi connectivity index (χ0v) is 10.4. The molecule has 1 atom stereocenters. The first-order chi connectivity index (χ1) is 8.33. The first-order valence-corrected chi connectivity index (χ1v) is 6.74. The van der Waals surface area contributed by atoms with Crippen LogP contribution in [0.3, 0.4) is 0 Å². The second kappa shape index (κ2) is 4.51. The Morgan fingerprint density at radius 1 is 1.35 bits per heavy atom. The minimum Gasteiger partial charge on any atom is -0.488 e. The van der Waals surface area contributed by atoms with Crippen LogP contribution in [0.4, 0.5) is 0 Å². The molecule has 2 aromatic rings. The third kappa shape index (κ3) is 2.21. The Bertz CT molecular complexity index is 507. The number of benzene rings is 1. The average molecular weight is 245 g/mol. The number of hydrogen-bond donors (Lipinski definition) is 1. The van der Waals surface area contributed by atoms with Gasteiger partial charge in [0.1, 0.15) is 12.4 Å². The molecular formula is C14H15NOS. The standard InChI is InChI=1S/C14H15NOS/c15-14-6-3-10-8-11(4-5-13(10)14)16-9-12-2-1-7-17-12/h1-2,4-5,7-8,14H,3,6,9,15H2/t14-/m1/s1. The second-order valence-corrected chi connectivity index (χ2v) is 5.41. The second-order valence-electron chi connectivity index (χ2n) is 4.37. The van der Waals surface area contributed by atoms with Gasteiger partial charge in [0.15, 0.2) is 0 Å². The number of rotatable bonds is 3. The van der Waals surface area contributed by atoms with E-state index in [0.717, 1.165) is 18.6 Å². The lowest BCUT2D eigenvalue weighted by Crippen LogP contribution is -2.04. The number of fused-ring (bicyclic) bond motifs is 1. The van der Waals surface area contributed by atoms with Gasteiger partial charge >= 0.3 is 0 Å². The van der Waals surface area contributed by atoms with Gasteiger partial charge in [-0.05, 0) is 47.5 Å². The van der Waals surface area contributed by atoms with Crippen molar-refractivity contribution in [3.05, 3.63) is 51.7 Å². The van der Waals surface area contributed by atoms with Crippen molar-refractivity contribution < 1.29 is 4.74 Å². The molecule has 3 heteroatoms. The zero-order chi connectivity index (χ0) is 11.7. The van der Waals surface area contributed by atoms with Gasteiger partial charge in [-0.1, -0.05) is 12.1 Å². The van der Waals surface area contributed by atoms with E-state index in [1.54, 1.807) is 11.3 Å². The number of nitrogens with two attached hydrogens (primary N) is 1. The van der Waals surface area contributed by atoms with Crippen molar-refractivity contribution in [2.75, 3.05) is 0 Å². The summed E-state index contributed by atoms with van der Waals surface area (Å²) in [4.78, 5) is 1.25. The molecule has 2 N–H and O–H groups in total. The fourth-order valence-electron chi connectivity index (χ4n) is 2.27. The van der Waals surface area contributed by atoms with Gasteiger partial charge in [0.05, 0.1) is 0 Å². The van der Waals surface area contributed by atoms with Crippen molar-refractivity contribution in [3.8, 4) is 5.75 Å².